The third kappa shape index (κ3) is 3.98. The van der Waals surface area contributed by atoms with Gasteiger partial charge in [-0.25, -0.2) is 9.18 Å². The SMILES string of the molecule is CC(C)(C)OC(=O)N1CCC(C(O)c2cccc(Br)c2F)C1. The van der Waals surface area contributed by atoms with Crippen LogP contribution in [0.3, 0.4) is 0 Å². The number of amides is 1. The van der Waals surface area contributed by atoms with Crippen molar-refractivity contribution in [3.8, 4) is 0 Å². The van der Waals surface area contributed by atoms with Gasteiger partial charge in [0, 0.05) is 24.6 Å². The maximum atomic E-state index is 14.1. The molecule has 122 valence electrons. The van der Waals surface area contributed by atoms with Crippen LogP contribution in [0.4, 0.5) is 9.18 Å². The molecule has 1 fully saturated rings. The number of rotatable bonds is 2. The summed E-state index contributed by atoms with van der Waals surface area (Å²) in [7, 11) is 0. The van der Waals surface area contributed by atoms with Crippen molar-refractivity contribution < 1.29 is 19.0 Å². The summed E-state index contributed by atoms with van der Waals surface area (Å²) in [6, 6.07) is 4.85. The molecule has 4 nitrogen and oxygen atoms in total. The monoisotopic (exact) mass is 373 g/mol. The van der Waals surface area contributed by atoms with Crippen molar-refractivity contribution in [3.63, 3.8) is 0 Å². The summed E-state index contributed by atoms with van der Waals surface area (Å²) < 4.78 is 19.7. The van der Waals surface area contributed by atoms with Crippen molar-refractivity contribution in [2.24, 2.45) is 5.92 Å². The molecule has 1 aliphatic heterocycles. The van der Waals surface area contributed by atoms with Crippen LogP contribution in [0.1, 0.15) is 38.9 Å². The molecule has 1 aromatic carbocycles. The molecule has 1 N–H and O–H groups in total. The number of nitrogens with zero attached hydrogens (tertiary/aromatic N) is 1. The highest BCUT2D eigenvalue weighted by molar-refractivity contribution is 9.10. The molecule has 1 aliphatic rings. The van der Waals surface area contributed by atoms with Crippen LogP contribution in [-0.2, 0) is 4.74 Å². The van der Waals surface area contributed by atoms with Crippen LogP contribution in [-0.4, -0.2) is 34.8 Å². The predicted octanol–water partition coefficient (Wildman–Crippen LogP) is 3.88. The van der Waals surface area contributed by atoms with E-state index in [0.29, 0.717) is 24.0 Å². The fourth-order valence-corrected chi connectivity index (χ4v) is 2.92. The minimum Gasteiger partial charge on any atom is -0.444 e. The van der Waals surface area contributed by atoms with Gasteiger partial charge in [0.15, 0.2) is 0 Å². The van der Waals surface area contributed by atoms with E-state index in [9.17, 15) is 14.3 Å². The third-order valence-corrected chi connectivity index (χ3v) is 4.24. The molecule has 0 bridgehead atoms. The number of carbonyl (C=O) groups excluding carboxylic acids is 1. The quantitative estimate of drug-likeness (QED) is 0.855. The van der Waals surface area contributed by atoms with Gasteiger partial charge < -0.3 is 14.7 Å². The van der Waals surface area contributed by atoms with Gasteiger partial charge in [-0.1, -0.05) is 12.1 Å². The van der Waals surface area contributed by atoms with Gasteiger partial charge >= 0.3 is 6.09 Å². The minimum absolute atomic E-state index is 0.198. The number of hydrogen-bond donors (Lipinski definition) is 1. The maximum Gasteiger partial charge on any atom is 0.410 e. The first-order valence-corrected chi connectivity index (χ1v) is 8.08. The Bertz CT molecular complexity index is 559. The Kier molecular flexibility index (Phi) is 5.12. The number of hydrogen-bond acceptors (Lipinski definition) is 3. The van der Waals surface area contributed by atoms with E-state index < -0.39 is 23.6 Å². The second kappa shape index (κ2) is 6.54. The molecular weight excluding hydrogens is 353 g/mol. The molecule has 6 heteroatoms. The fourth-order valence-electron chi connectivity index (χ4n) is 2.54. The first kappa shape index (κ1) is 17.2. The zero-order valence-electron chi connectivity index (χ0n) is 13.0. The topological polar surface area (TPSA) is 49.8 Å². The molecular formula is C16H21BrFNO3. The summed E-state index contributed by atoms with van der Waals surface area (Å²) in [5, 5.41) is 10.4. The fraction of sp³-hybridized carbons (Fsp3) is 0.562. The summed E-state index contributed by atoms with van der Waals surface area (Å²) in [5.41, 5.74) is -0.296. The Morgan fingerprint density at radius 1 is 1.50 bits per heavy atom. The van der Waals surface area contributed by atoms with E-state index in [-0.39, 0.29) is 11.5 Å². The third-order valence-electron chi connectivity index (χ3n) is 3.62. The van der Waals surface area contributed by atoms with E-state index in [1.807, 2.05) is 20.8 Å². The molecule has 22 heavy (non-hydrogen) atoms. The molecule has 0 radical (unpaired) electrons. The van der Waals surface area contributed by atoms with Crippen LogP contribution in [0.15, 0.2) is 22.7 Å². The lowest BCUT2D eigenvalue weighted by molar-refractivity contribution is 0.0267. The molecule has 0 aromatic heterocycles. The molecule has 0 spiro atoms. The second-order valence-electron chi connectivity index (χ2n) is 6.56. The van der Waals surface area contributed by atoms with Gasteiger partial charge in [-0.2, -0.15) is 0 Å². The number of aliphatic hydroxyl groups is 1. The highest BCUT2D eigenvalue weighted by Gasteiger charge is 2.34. The van der Waals surface area contributed by atoms with Gasteiger partial charge in [-0.05, 0) is 49.2 Å². The van der Waals surface area contributed by atoms with Gasteiger partial charge in [-0.15, -0.1) is 0 Å². The van der Waals surface area contributed by atoms with Crippen LogP contribution < -0.4 is 0 Å². The van der Waals surface area contributed by atoms with Crippen molar-refractivity contribution in [1.82, 2.24) is 4.90 Å². The molecule has 1 amide bonds. The lowest BCUT2D eigenvalue weighted by Crippen LogP contribution is -2.35. The van der Waals surface area contributed by atoms with Crippen molar-refractivity contribution in [2.45, 2.75) is 38.9 Å². The smallest absolute Gasteiger partial charge is 0.410 e. The Morgan fingerprint density at radius 2 is 2.18 bits per heavy atom. The first-order valence-electron chi connectivity index (χ1n) is 7.29. The van der Waals surface area contributed by atoms with Gasteiger partial charge in [0.25, 0.3) is 0 Å². The first-order chi connectivity index (χ1) is 10.2. The average Bonchev–Trinajstić information content (AvgIpc) is 2.89. The molecule has 2 atom stereocenters. The molecule has 0 aliphatic carbocycles. The largest absolute Gasteiger partial charge is 0.444 e. The summed E-state index contributed by atoms with van der Waals surface area (Å²) in [5.74, 6) is -0.651. The van der Waals surface area contributed by atoms with Crippen LogP contribution in [0.25, 0.3) is 0 Å². The van der Waals surface area contributed by atoms with Gasteiger partial charge in [0.05, 0.1) is 10.6 Å². The number of halogens is 2. The van der Waals surface area contributed by atoms with Crippen LogP contribution in [0.5, 0.6) is 0 Å². The van der Waals surface area contributed by atoms with E-state index in [1.165, 1.54) is 0 Å². The maximum absolute atomic E-state index is 14.1. The number of aliphatic hydroxyl groups excluding tert-OH is 1. The number of benzene rings is 1. The standard InChI is InChI=1S/C16H21BrFNO3/c1-16(2,3)22-15(21)19-8-7-10(9-19)14(20)11-5-4-6-12(17)13(11)18/h4-6,10,14,20H,7-9H2,1-3H3. The summed E-state index contributed by atoms with van der Waals surface area (Å²) in [6.07, 6.45) is -0.714. The van der Waals surface area contributed by atoms with Gasteiger partial charge in [0.1, 0.15) is 11.4 Å². The Balaban J connectivity index is 2.04. The molecule has 0 saturated carbocycles. The molecule has 1 heterocycles. The van der Waals surface area contributed by atoms with Crippen molar-refractivity contribution in [1.29, 1.82) is 0 Å². The second-order valence-corrected chi connectivity index (χ2v) is 7.42. The van der Waals surface area contributed by atoms with Crippen molar-refractivity contribution >= 4 is 22.0 Å². The van der Waals surface area contributed by atoms with Crippen LogP contribution >= 0.6 is 15.9 Å². The van der Waals surface area contributed by atoms with E-state index in [1.54, 1.807) is 23.1 Å². The molecule has 2 rings (SSSR count). The van der Waals surface area contributed by atoms with Crippen molar-refractivity contribution in [3.05, 3.63) is 34.1 Å². The van der Waals surface area contributed by atoms with Crippen molar-refractivity contribution in [2.75, 3.05) is 13.1 Å². The van der Waals surface area contributed by atoms with Crippen LogP contribution in [0.2, 0.25) is 0 Å². The summed E-state index contributed by atoms with van der Waals surface area (Å²) in [6.45, 7) is 6.30. The number of likely N-dealkylation sites (tertiary alicyclic amines) is 1. The Morgan fingerprint density at radius 3 is 2.82 bits per heavy atom. The Hall–Kier alpha value is -1.14. The van der Waals surface area contributed by atoms with Gasteiger partial charge in [-0.3, -0.25) is 0 Å². The zero-order chi connectivity index (χ0) is 16.5. The Labute approximate surface area is 138 Å². The number of carbonyl (C=O) groups is 1. The van der Waals surface area contributed by atoms with Crippen LogP contribution in [0, 0.1) is 11.7 Å². The average molecular weight is 374 g/mol. The van der Waals surface area contributed by atoms with E-state index in [2.05, 4.69) is 15.9 Å². The summed E-state index contributed by atoms with van der Waals surface area (Å²) >= 11 is 3.12. The summed E-state index contributed by atoms with van der Waals surface area (Å²) in [4.78, 5) is 13.6. The van der Waals surface area contributed by atoms with E-state index in [4.69, 9.17) is 4.74 Å². The lowest BCUT2D eigenvalue weighted by Gasteiger charge is -2.25. The normalized spacial score (nSPS) is 20.1. The van der Waals surface area contributed by atoms with E-state index in [0.717, 1.165) is 0 Å². The highest BCUT2D eigenvalue weighted by atomic mass is 79.9. The molecule has 1 aromatic rings. The molecule has 1 saturated heterocycles. The van der Waals surface area contributed by atoms with Gasteiger partial charge in [0.2, 0.25) is 0 Å². The minimum atomic E-state index is -0.940. The zero-order valence-corrected chi connectivity index (χ0v) is 14.6. The lowest BCUT2D eigenvalue weighted by atomic mass is 9.95. The highest BCUT2D eigenvalue weighted by Crippen LogP contribution is 2.33. The van der Waals surface area contributed by atoms with E-state index >= 15 is 0 Å². The predicted molar refractivity (Wildman–Crippen MR) is 85.0 cm³/mol. The number of ether oxygens (including phenoxy) is 1. The molecule has 2 unspecified atom stereocenters.